The predicted molar refractivity (Wildman–Crippen MR) is 131 cm³/mol. The number of carbonyl (C=O) groups is 3. The zero-order valence-electron chi connectivity index (χ0n) is 20.3. The number of allylic oxidation sites excluding steroid dienone is 2. The molecular formula is C25H32ClN5O4. The van der Waals surface area contributed by atoms with Gasteiger partial charge in [-0.1, -0.05) is 37.9 Å². The van der Waals surface area contributed by atoms with E-state index < -0.39 is 17.4 Å². The number of carbonyl (C=O) groups excluding carboxylic acids is 3. The first kappa shape index (κ1) is 25.0. The summed E-state index contributed by atoms with van der Waals surface area (Å²) in [6.45, 7) is 5.18. The smallest absolute Gasteiger partial charge is 0.328 e. The highest BCUT2D eigenvalue weighted by Crippen LogP contribution is 2.57. The molecule has 0 bridgehead atoms. The summed E-state index contributed by atoms with van der Waals surface area (Å²) < 4.78 is 4.88. The molecule has 0 saturated carbocycles. The third-order valence-corrected chi connectivity index (χ3v) is 7.64. The molecule has 3 unspecified atom stereocenters. The number of amides is 3. The van der Waals surface area contributed by atoms with Crippen molar-refractivity contribution in [1.82, 2.24) is 25.4 Å². The molecule has 2 fully saturated rings. The fourth-order valence-corrected chi connectivity index (χ4v) is 5.38. The second-order valence-electron chi connectivity index (χ2n) is 9.36. The minimum atomic E-state index is -0.709. The Labute approximate surface area is 210 Å². The lowest BCUT2D eigenvalue weighted by molar-refractivity contribution is -0.175. The van der Waals surface area contributed by atoms with Crippen LogP contribution in [0.4, 0.5) is 4.79 Å². The van der Waals surface area contributed by atoms with E-state index >= 15 is 0 Å². The second-order valence-corrected chi connectivity index (χ2v) is 9.79. The van der Waals surface area contributed by atoms with Crippen molar-refractivity contribution in [3.8, 4) is 0 Å². The third-order valence-electron chi connectivity index (χ3n) is 7.42. The van der Waals surface area contributed by atoms with Crippen molar-refractivity contribution in [2.24, 2.45) is 11.3 Å². The molecule has 0 aliphatic carbocycles. The molecule has 188 valence electrons. The van der Waals surface area contributed by atoms with Gasteiger partial charge in [-0.2, -0.15) is 0 Å². The summed E-state index contributed by atoms with van der Waals surface area (Å²) in [7, 11) is 1.32. The molecule has 1 spiro atoms. The molecule has 3 aliphatic rings. The fraction of sp³-hybridized carbons (Fsp3) is 0.520. The lowest BCUT2D eigenvalue weighted by Crippen LogP contribution is -2.67. The number of hydrogen-bond donors (Lipinski definition) is 2. The summed E-state index contributed by atoms with van der Waals surface area (Å²) in [5.41, 5.74) is 0.982. The van der Waals surface area contributed by atoms with Gasteiger partial charge in [0.15, 0.2) is 0 Å². The van der Waals surface area contributed by atoms with Crippen LogP contribution in [-0.4, -0.2) is 65.5 Å². The maximum Gasteiger partial charge on any atom is 0.328 e. The van der Waals surface area contributed by atoms with E-state index in [-0.39, 0.29) is 23.9 Å². The van der Waals surface area contributed by atoms with E-state index in [0.717, 1.165) is 17.8 Å². The van der Waals surface area contributed by atoms with Gasteiger partial charge in [-0.25, -0.2) is 9.59 Å². The van der Waals surface area contributed by atoms with E-state index in [0.29, 0.717) is 37.5 Å². The largest absolute Gasteiger partial charge is 0.467 e. The number of methoxy groups -OCH3 is 1. The van der Waals surface area contributed by atoms with Gasteiger partial charge < -0.3 is 25.2 Å². The lowest BCUT2D eigenvalue weighted by Gasteiger charge is -2.59. The molecule has 9 nitrogen and oxygen atoms in total. The Kier molecular flexibility index (Phi) is 7.35. The first-order valence-corrected chi connectivity index (χ1v) is 12.4. The third kappa shape index (κ3) is 4.61. The number of likely N-dealkylation sites (tertiary alicyclic amines) is 2. The van der Waals surface area contributed by atoms with Crippen molar-refractivity contribution in [1.29, 1.82) is 0 Å². The average molecular weight is 502 g/mol. The summed E-state index contributed by atoms with van der Waals surface area (Å²) in [5.74, 6) is -0.487. The van der Waals surface area contributed by atoms with Crippen LogP contribution in [0.25, 0.3) is 0 Å². The molecule has 0 radical (unpaired) electrons. The van der Waals surface area contributed by atoms with E-state index in [9.17, 15) is 14.4 Å². The van der Waals surface area contributed by atoms with E-state index in [2.05, 4.69) is 15.6 Å². The van der Waals surface area contributed by atoms with Crippen LogP contribution in [0.5, 0.6) is 0 Å². The van der Waals surface area contributed by atoms with E-state index in [1.807, 2.05) is 38.1 Å². The number of urea groups is 1. The van der Waals surface area contributed by atoms with Gasteiger partial charge in [-0.3, -0.25) is 9.78 Å². The number of dihydropyridines is 1. The summed E-state index contributed by atoms with van der Waals surface area (Å²) in [6.07, 6.45) is 6.99. The molecule has 35 heavy (non-hydrogen) atoms. The van der Waals surface area contributed by atoms with Gasteiger partial charge in [0.25, 0.3) is 0 Å². The van der Waals surface area contributed by atoms with Crippen molar-refractivity contribution in [2.75, 3.05) is 26.7 Å². The summed E-state index contributed by atoms with van der Waals surface area (Å²) in [5, 5.41) is 6.48. The van der Waals surface area contributed by atoms with Gasteiger partial charge >= 0.3 is 12.0 Å². The minimum absolute atomic E-state index is 0.0275. The highest BCUT2D eigenvalue weighted by atomic mass is 35.5. The quantitative estimate of drug-likeness (QED) is 0.459. The Morgan fingerprint density at radius 1 is 1.34 bits per heavy atom. The van der Waals surface area contributed by atoms with Gasteiger partial charge in [0.1, 0.15) is 6.04 Å². The molecule has 1 aromatic rings. The molecular weight excluding hydrogens is 470 g/mol. The monoisotopic (exact) mass is 501 g/mol. The summed E-state index contributed by atoms with van der Waals surface area (Å²) >= 11 is 6.20. The summed E-state index contributed by atoms with van der Waals surface area (Å²) in [4.78, 5) is 46.9. The number of rotatable bonds is 6. The molecule has 4 heterocycles. The van der Waals surface area contributed by atoms with Crippen LogP contribution in [0, 0.1) is 11.3 Å². The highest BCUT2D eigenvalue weighted by Gasteiger charge is 2.63. The van der Waals surface area contributed by atoms with Crippen molar-refractivity contribution in [3.63, 3.8) is 0 Å². The Morgan fingerprint density at radius 2 is 2.09 bits per heavy atom. The SMILES string of the molecule is CCC(C)C(NC(=O)N1CCC2(CC1)C(=O)N(C1=CC(Cl)=CNC1)C2c1ccccn1)C(=O)OC. The maximum atomic E-state index is 13.6. The molecule has 3 aliphatic heterocycles. The zero-order valence-corrected chi connectivity index (χ0v) is 21.0. The average Bonchev–Trinajstić information content (AvgIpc) is 2.89. The maximum absolute atomic E-state index is 13.6. The molecule has 4 rings (SSSR count). The van der Waals surface area contributed by atoms with Crippen molar-refractivity contribution in [2.45, 2.75) is 45.2 Å². The molecule has 3 atom stereocenters. The molecule has 2 N–H and O–H groups in total. The Balaban J connectivity index is 1.51. The normalized spacial score (nSPS) is 22.9. The minimum Gasteiger partial charge on any atom is -0.467 e. The van der Waals surface area contributed by atoms with Gasteiger partial charge in [-0.05, 0) is 37.0 Å². The van der Waals surface area contributed by atoms with Crippen LogP contribution in [0.15, 0.2) is 47.4 Å². The van der Waals surface area contributed by atoms with E-state index in [1.54, 1.807) is 22.2 Å². The van der Waals surface area contributed by atoms with Gasteiger partial charge in [-0.15, -0.1) is 0 Å². The van der Waals surface area contributed by atoms with E-state index in [4.69, 9.17) is 16.3 Å². The number of β-lactam (4-membered cyclic amide) rings is 1. The first-order valence-electron chi connectivity index (χ1n) is 12.0. The summed E-state index contributed by atoms with van der Waals surface area (Å²) in [6, 6.07) is 4.45. The van der Waals surface area contributed by atoms with Gasteiger partial charge in [0.2, 0.25) is 5.91 Å². The Bertz CT molecular complexity index is 1040. The van der Waals surface area contributed by atoms with Crippen molar-refractivity contribution >= 4 is 29.5 Å². The Morgan fingerprint density at radius 3 is 2.69 bits per heavy atom. The number of aromatic nitrogens is 1. The number of nitrogens with zero attached hydrogens (tertiary/aromatic N) is 3. The lowest BCUT2D eigenvalue weighted by atomic mass is 9.63. The van der Waals surface area contributed by atoms with Crippen LogP contribution < -0.4 is 10.6 Å². The number of piperidine rings is 1. The molecule has 3 amide bonds. The molecule has 0 aromatic carbocycles. The van der Waals surface area contributed by atoms with Crippen LogP contribution in [0.1, 0.15) is 44.8 Å². The van der Waals surface area contributed by atoms with Crippen LogP contribution in [0.2, 0.25) is 0 Å². The fourth-order valence-electron chi connectivity index (χ4n) is 5.18. The van der Waals surface area contributed by atoms with Crippen LogP contribution in [0.3, 0.4) is 0 Å². The highest BCUT2D eigenvalue weighted by molar-refractivity contribution is 6.31. The molecule has 10 heteroatoms. The molecule has 1 aromatic heterocycles. The van der Waals surface area contributed by atoms with Crippen molar-refractivity contribution < 1.29 is 19.1 Å². The number of nitrogens with one attached hydrogen (secondary N) is 2. The first-order chi connectivity index (χ1) is 16.8. The number of hydrogen-bond acceptors (Lipinski definition) is 6. The van der Waals surface area contributed by atoms with Gasteiger partial charge in [0.05, 0.1) is 35.8 Å². The predicted octanol–water partition coefficient (Wildman–Crippen LogP) is 2.91. The van der Waals surface area contributed by atoms with Crippen molar-refractivity contribution in [3.05, 3.63) is 53.1 Å². The topological polar surface area (TPSA) is 104 Å². The van der Waals surface area contributed by atoms with Crippen LogP contribution in [-0.2, 0) is 14.3 Å². The number of esters is 1. The zero-order chi connectivity index (χ0) is 25.2. The van der Waals surface area contributed by atoms with Crippen LogP contribution >= 0.6 is 11.6 Å². The standard InChI is InChI=1S/C25H32ClN5O4/c1-4-16(2)20(22(32)35-3)29-24(34)30-11-8-25(9-12-30)21(19-7-5-6-10-28-19)31(23(25)33)18-13-17(26)14-27-15-18/h5-7,10,13-14,16,20-21,27H,4,8-9,11-12,15H2,1-3H3,(H,29,34). The second kappa shape index (κ2) is 10.3. The number of halogens is 1. The van der Waals surface area contributed by atoms with Gasteiger partial charge in [0, 0.05) is 31.2 Å². The molecule has 2 saturated heterocycles. The van der Waals surface area contributed by atoms with E-state index in [1.165, 1.54) is 7.11 Å². The number of ether oxygens (including phenoxy) is 1. The Hall–Kier alpha value is -3.07. The number of pyridine rings is 1.